The quantitative estimate of drug-likeness (QED) is 0.834. The van der Waals surface area contributed by atoms with Crippen molar-refractivity contribution in [3.63, 3.8) is 0 Å². The van der Waals surface area contributed by atoms with E-state index in [0.717, 1.165) is 23.3 Å². The molecule has 134 valence electrons. The predicted molar refractivity (Wildman–Crippen MR) is 91.0 cm³/mol. The molecule has 2 amide bonds. The second-order valence-corrected chi connectivity index (χ2v) is 6.08. The Bertz CT molecular complexity index is 743. The molecule has 3 nitrogen and oxygen atoms in total. The largest absolute Gasteiger partial charge is 0.416 e. The van der Waals surface area contributed by atoms with Crippen molar-refractivity contribution in [1.29, 1.82) is 0 Å². The molecule has 0 bridgehead atoms. The van der Waals surface area contributed by atoms with Crippen molar-refractivity contribution in [2.24, 2.45) is 0 Å². The molecule has 0 fully saturated rings. The van der Waals surface area contributed by atoms with Crippen LogP contribution in [0, 0.1) is 6.92 Å². The topological polar surface area (TPSA) is 32.3 Å². The molecule has 0 aliphatic rings. The Kier molecular flexibility index (Phi) is 5.72. The highest BCUT2D eigenvalue weighted by Gasteiger charge is 2.30. The van der Waals surface area contributed by atoms with E-state index in [-0.39, 0.29) is 6.03 Å². The zero-order valence-corrected chi connectivity index (χ0v) is 14.4. The molecule has 25 heavy (non-hydrogen) atoms. The smallest absolute Gasteiger partial charge is 0.331 e. The molecular formula is C19H21F3N2O. The standard InChI is InChI=1S/C19H21F3N2O/c1-13-7-4-5-8-16(13)12-24(3)18(25)23-14(2)15-9-6-10-17(11-15)19(20,21)22/h4-11,14H,12H2,1-3H3,(H,23,25). The summed E-state index contributed by atoms with van der Waals surface area (Å²) < 4.78 is 38.4. The average molecular weight is 350 g/mol. The number of hydrogen-bond acceptors (Lipinski definition) is 1. The lowest BCUT2D eigenvalue weighted by Crippen LogP contribution is -2.38. The lowest BCUT2D eigenvalue weighted by Gasteiger charge is -2.23. The van der Waals surface area contributed by atoms with Gasteiger partial charge in [-0.1, -0.05) is 36.4 Å². The summed E-state index contributed by atoms with van der Waals surface area (Å²) in [6.07, 6.45) is -4.40. The van der Waals surface area contributed by atoms with Gasteiger partial charge >= 0.3 is 12.2 Å². The normalized spacial score (nSPS) is 12.6. The van der Waals surface area contributed by atoms with Gasteiger partial charge in [0.05, 0.1) is 11.6 Å². The minimum Gasteiger partial charge on any atom is -0.331 e. The summed E-state index contributed by atoms with van der Waals surface area (Å²) in [5.41, 5.74) is 1.78. The molecule has 2 rings (SSSR count). The molecule has 0 heterocycles. The number of halogens is 3. The van der Waals surface area contributed by atoms with Gasteiger partial charge in [0.1, 0.15) is 0 Å². The first kappa shape index (κ1) is 18.8. The number of hydrogen-bond donors (Lipinski definition) is 1. The van der Waals surface area contributed by atoms with Gasteiger partial charge in [0, 0.05) is 13.6 Å². The lowest BCUT2D eigenvalue weighted by atomic mass is 10.0. The SMILES string of the molecule is Cc1ccccc1CN(C)C(=O)NC(C)c1cccc(C(F)(F)F)c1. The Hall–Kier alpha value is -2.50. The summed E-state index contributed by atoms with van der Waals surface area (Å²) in [5.74, 6) is 0. The first-order valence-corrected chi connectivity index (χ1v) is 7.92. The fraction of sp³-hybridized carbons (Fsp3) is 0.316. The molecule has 0 saturated heterocycles. The molecule has 0 aliphatic heterocycles. The Balaban J connectivity index is 2.03. The van der Waals surface area contributed by atoms with Crippen LogP contribution in [-0.2, 0) is 12.7 Å². The lowest BCUT2D eigenvalue weighted by molar-refractivity contribution is -0.137. The van der Waals surface area contributed by atoms with E-state index in [4.69, 9.17) is 0 Å². The second-order valence-electron chi connectivity index (χ2n) is 6.08. The number of benzene rings is 2. The molecule has 0 aromatic heterocycles. The summed E-state index contributed by atoms with van der Waals surface area (Å²) in [6.45, 7) is 4.05. The summed E-state index contributed by atoms with van der Waals surface area (Å²) >= 11 is 0. The summed E-state index contributed by atoms with van der Waals surface area (Å²) in [6, 6.07) is 11.9. The van der Waals surface area contributed by atoms with E-state index in [0.29, 0.717) is 12.1 Å². The molecule has 0 radical (unpaired) electrons. The molecule has 2 aromatic carbocycles. The number of rotatable bonds is 4. The number of nitrogens with one attached hydrogen (secondary N) is 1. The summed E-state index contributed by atoms with van der Waals surface area (Å²) in [7, 11) is 1.65. The maximum Gasteiger partial charge on any atom is 0.416 e. The summed E-state index contributed by atoms with van der Waals surface area (Å²) in [5, 5.41) is 2.73. The Morgan fingerprint density at radius 1 is 1.16 bits per heavy atom. The van der Waals surface area contributed by atoms with Gasteiger partial charge in [-0.2, -0.15) is 13.2 Å². The van der Waals surface area contributed by atoms with Crippen LogP contribution < -0.4 is 5.32 Å². The minimum atomic E-state index is -4.40. The first-order valence-electron chi connectivity index (χ1n) is 7.92. The molecule has 6 heteroatoms. The zero-order valence-electron chi connectivity index (χ0n) is 14.4. The van der Waals surface area contributed by atoms with Gasteiger partial charge in [-0.05, 0) is 42.7 Å². The third-order valence-corrected chi connectivity index (χ3v) is 4.07. The van der Waals surface area contributed by atoms with Gasteiger partial charge in [0.2, 0.25) is 0 Å². The Labute approximate surface area is 145 Å². The summed E-state index contributed by atoms with van der Waals surface area (Å²) in [4.78, 5) is 13.8. The molecule has 1 atom stereocenters. The minimum absolute atomic E-state index is 0.340. The number of amides is 2. The van der Waals surface area contributed by atoms with Gasteiger partial charge in [0.15, 0.2) is 0 Å². The Morgan fingerprint density at radius 2 is 1.84 bits per heavy atom. The third-order valence-electron chi connectivity index (χ3n) is 4.07. The van der Waals surface area contributed by atoms with E-state index in [2.05, 4.69) is 5.32 Å². The monoisotopic (exact) mass is 350 g/mol. The number of carbonyl (C=O) groups excluding carboxylic acids is 1. The van der Waals surface area contributed by atoms with E-state index in [1.54, 1.807) is 20.0 Å². The molecule has 0 aliphatic carbocycles. The number of carbonyl (C=O) groups is 1. The van der Waals surface area contributed by atoms with E-state index < -0.39 is 17.8 Å². The van der Waals surface area contributed by atoms with Crippen LogP contribution in [0.1, 0.15) is 35.2 Å². The molecule has 1 N–H and O–H groups in total. The third kappa shape index (κ3) is 4.98. The number of nitrogens with zero attached hydrogens (tertiary/aromatic N) is 1. The number of aryl methyl sites for hydroxylation is 1. The van der Waals surface area contributed by atoms with Crippen LogP contribution in [0.2, 0.25) is 0 Å². The van der Waals surface area contributed by atoms with Crippen LogP contribution in [-0.4, -0.2) is 18.0 Å². The highest BCUT2D eigenvalue weighted by Crippen LogP contribution is 2.30. The number of alkyl halides is 3. The van der Waals surface area contributed by atoms with Gasteiger partial charge in [-0.15, -0.1) is 0 Å². The van der Waals surface area contributed by atoms with Crippen molar-refractivity contribution in [3.8, 4) is 0 Å². The first-order chi connectivity index (χ1) is 11.7. The van der Waals surface area contributed by atoms with Crippen LogP contribution in [0.5, 0.6) is 0 Å². The molecule has 2 aromatic rings. The average Bonchev–Trinajstić information content (AvgIpc) is 2.56. The van der Waals surface area contributed by atoms with Crippen molar-refractivity contribution < 1.29 is 18.0 Å². The number of urea groups is 1. The van der Waals surface area contributed by atoms with E-state index >= 15 is 0 Å². The van der Waals surface area contributed by atoms with Crippen molar-refractivity contribution in [3.05, 3.63) is 70.8 Å². The molecule has 1 unspecified atom stereocenters. The highest BCUT2D eigenvalue weighted by molar-refractivity contribution is 5.74. The molecule has 0 saturated carbocycles. The Morgan fingerprint density at radius 3 is 2.48 bits per heavy atom. The van der Waals surface area contributed by atoms with Gasteiger partial charge in [0.25, 0.3) is 0 Å². The van der Waals surface area contributed by atoms with Crippen molar-refractivity contribution >= 4 is 6.03 Å². The molecular weight excluding hydrogens is 329 g/mol. The fourth-order valence-corrected chi connectivity index (χ4v) is 2.48. The molecule has 0 spiro atoms. The van der Waals surface area contributed by atoms with Gasteiger partial charge in [-0.3, -0.25) is 0 Å². The maximum atomic E-state index is 12.8. The fourth-order valence-electron chi connectivity index (χ4n) is 2.48. The van der Waals surface area contributed by atoms with Crippen LogP contribution >= 0.6 is 0 Å². The van der Waals surface area contributed by atoms with Gasteiger partial charge in [-0.25, -0.2) is 4.79 Å². The van der Waals surface area contributed by atoms with E-state index in [9.17, 15) is 18.0 Å². The van der Waals surface area contributed by atoms with E-state index in [1.165, 1.54) is 11.0 Å². The van der Waals surface area contributed by atoms with Gasteiger partial charge < -0.3 is 10.2 Å². The van der Waals surface area contributed by atoms with Crippen molar-refractivity contribution in [2.45, 2.75) is 32.6 Å². The van der Waals surface area contributed by atoms with Crippen molar-refractivity contribution in [1.82, 2.24) is 10.2 Å². The zero-order chi connectivity index (χ0) is 18.6. The van der Waals surface area contributed by atoms with Crippen LogP contribution in [0.15, 0.2) is 48.5 Å². The van der Waals surface area contributed by atoms with Crippen LogP contribution in [0.4, 0.5) is 18.0 Å². The predicted octanol–water partition coefficient (Wildman–Crippen LogP) is 4.92. The van der Waals surface area contributed by atoms with Crippen LogP contribution in [0.25, 0.3) is 0 Å². The van der Waals surface area contributed by atoms with Crippen molar-refractivity contribution in [2.75, 3.05) is 7.05 Å². The maximum absolute atomic E-state index is 12.8. The van der Waals surface area contributed by atoms with Crippen LogP contribution in [0.3, 0.4) is 0 Å². The highest BCUT2D eigenvalue weighted by atomic mass is 19.4. The van der Waals surface area contributed by atoms with E-state index in [1.807, 2.05) is 31.2 Å². The second kappa shape index (κ2) is 7.59.